The van der Waals surface area contributed by atoms with E-state index in [0.717, 1.165) is 22.3 Å². The van der Waals surface area contributed by atoms with Crippen LogP contribution in [-0.4, -0.2) is 5.11 Å². The summed E-state index contributed by atoms with van der Waals surface area (Å²) in [6.45, 7) is 0. The van der Waals surface area contributed by atoms with Gasteiger partial charge in [0.1, 0.15) is 6.10 Å². The van der Waals surface area contributed by atoms with Crippen molar-refractivity contribution in [2.24, 2.45) is 0 Å². The van der Waals surface area contributed by atoms with Crippen molar-refractivity contribution in [1.82, 2.24) is 0 Å². The maximum absolute atomic E-state index is 10.8. The van der Waals surface area contributed by atoms with Crippen molar-refractivity contribution >= 4 is 11.6 Å². The number of aliphatic hydroxyl groups excluding tert-OH is 1. The summed E-state index contributed by atoms with van der Waals surface area (Å²) in [6, 6.07) is 29.9. The Balaban J connectivity index is 2.06. The predicted molar refractivity (Wildman–Crippen MR) is 92.2 cm³/mol. The van der Waals surface area contributed by atoms with Gasteiger partial charge in [0, 0.05) is 0 Å². The molecule has 0 fully saturated rings. The zero-order chi connectivity index (χ0) is 15.2. The summed E-state index contributed by atoms with van der Waals surface area (Å²) >= 11 is 0. The van der Waals surface area contributed by atoms with Crippen LogP contribution in [-0.2, 0) is 0 Å². The van der Waals surface area contributed by atoms with Crippen molar-refractivity contribution < 1.29 is 5.11 Å². The lowest BCUT2D eigenvalue weighted by Gasteiger charge is -2.16. The molecule has 3 aromatic rings. The van der Waals surface area contributed by atoms with Crippen molar-refractivity contribution in [2.45, 2.75) is 6.10 Å². The molecular weight excluding hydrogens is 268 g/mol. The van der Waals surface area contributed by atoms with Gasteiger partial charge in [-0.25, -0.2) is 0 Å². The molecule has 1 heteroatoms. The maximum atomic E-state index is 10.8. The molecule has 3 aromatic carbocycles. The molecule has 0 radical (unpaired) electrons. The van der Waals surface area contributed by atoms with E-state index in [0.29, 0.717) is 0 Å². The van der Waals surface area contributed by atoms with Gasteiger partial charge in [-0.2, -0.15) is 0 Å². The molecule has 1 nitrogen and oxygen atoms in total. The van der Waals surface area contributed by atoms with Crippen molar-refractivity contribution in [3.05, 3.63) is 108 Å². The topological polar surface area (TPSA) is 20.2 Å². The Kier molecular flexibility index (Phi) is 4.47. The Morgan fingerprint density at radius 1 is 0.682 bits per heavy atom. The third-order valence-electron chi connectivity index (χ3n) is 3.64. The smallest absolute Gasteiger partial charge is 0.105 e. The van der Waals surface area contributed by atoms with E-state index in [4.69, 9.17) is 0 Å². The van der Waals surface area contributed by atoms with Gasteiger partial charge in [-0.1, -0.05) is 91.0 Å². The van der Waals surface area contributed by atoms with Crippen molar-refractivity contribution in [1.29, 1.82) is 0 Å². The summed E-state index contributed by atoms with van der Waals surface area (Å²) in [5.41, 5.74) is 3.91. The van der Waals surface area contributed by atoms with Crippen LogP contribution in [0.4, 0.5) is 0 Å². The van der Waals surface area contributed by atoms with Crippen LogP contribution in [0.1, 0.15) is 22.8 Å². The normalized spacial score (nSPS) is 12.9. The maximum Gasteiger partial charge on any atom is 0.105 e. The molecule has 0 heterocycles. The Bertz CT molecular complexity index is 731. The summed E-state index contributed by atoms with van der Waals surface area (Å²) < 4.78 is 0. The fourth-order valence-electron chi connectivity index (χ4n) is 2.49. The van der Waals surface area contributed by atoms with Crippen LogP contribution in [0.15, 0.2) is 91.0 Å². The minimum Gasteiger partial charge on any atom is -0.384 e. The molecule has 0 aromatic heterocycles. The molecule has 0 amide bonds. The molecule has 0 saturated heterocycles. The van der Waals surface area contributed by atoms with E-state index in [-0.39, 0.29) is 0 Å². The molecule has 0 saturated carbocycles. The SMILES string of the molecule is OC(/C(=C\c1ccccc1)c1ccccc1)c1ccccc1. The molecule has 22 heavy (non-hydrogen) atoms. The summed E-state index contributed by atoms with van der Waals surface area (Å²) in [4.78, 5) is 0. The second kappa shape index (κ2) is 6.88. The van der Waals surface area contributed by atoms with E-state index in [1.54, 1.807) is 0 Å². The quantitative estimate of drug-likeness (QED) is 0.672. The molecule has 1 N–H and O–H groups in total. The average molecular weight is 286 g/mol. The highest BCUT2D eigenvalue weighted by molar-refractivity contribution is 5.84. The molecule has 108 valence electrons. The highest BCUT2D eigenvalue weighted by atomic mass is 16.3. The molecule has 1 unspecified atom stereocenters. The van der Waals surface area contributed by atoms with Crippen LogP contribution in [0.2, 0.25) is 0 Å². The van der Waals surface area contributed by atoms with Gasteiger partial charge in [0.15, 0.2) is 0 Å². The second-order valence-electron chi connectivity index (χ2n) is 5.19. The van der Waals surface area contributed by atoms with Gasteiger partial charge in [-0.15, -0.1) is 0 Å². The van der Waals surface area contributed by atoms with Crippen molar-refractivity contribution in [3.8, 4) is 0 Å². The third kappa shape index (κ3) is 3.33. The van der Waals surface area contributed by atoms with E-state index < -0.39 is 6.10 Å². The van der Waals surface area contributed by atoms with E-state index >= 15 is 0 Å². The number of aliphatic hydroxyl groups is 1. The van der Waals surface area contributed by atoms with E-state index in [2.05, 4.69) is 0 Å². The first-order valence-corrected chi connectivity index (χ1v) is 7.39. The minimum atomic E-state index is -0.649. The van der Waals surface area contributed by atoms with Crippen molar-refractivity contribution in [2.75, 3.05) is 0 Å². The van der Waals surface area contributed by atoms with Gasteiger partial charge in [0.05, 0.1) is 0 Å². The Morgan fingerprint density at radius 3 is 1.77 bits per heavy atom. The molecule has 1 atom stereocenters. The predicted octanol–water partition coefficient (Wildman–Crippen LogP) is 4.96. The molecule has 0 aliphatic heterocycles. The fraction of sp³-hybridized carbons (Fsp3) is 0.0476. The zero-order valence-corrected chi connectivity index (χ0v) is 12.3. The van der Waals surface area contributed by atoms with Gasteiger partial charge in [0.25, 0.3) is 0 Å². The molecule has 3 rings (SSSR count). The fourth-order valence-corrected chi connectivity index (χ4v) is 2.49. The van der Waals surface area contributed by atoms with Crippen LogP contribution in [0.3, 0.4) is 0 Å². The summed E-state index contributed by atoms with van der Waals surface area (Å²) in [5.74, 6) is 0. The van der Waals surface area contributed by atoms with Gasteiger partial charge in [-0.05, 0) is 28.3 Å². The lowest BCUT2D eigenvalue weighted by Crippen LogP contribution is -2.01. The number of benzene rings is 3. The first kappa shape index (κ1) is 14.3. The van der Waals surface area contributed by atoms with Crippen LogP contribution in [0, 0.1) is 0 Å². The molecule has 0 aliphatic rings. The Labute approximate surface area is 131 Å². The third-order valence-corrected chi connectivity index (χ3v) is 3.64. The van der Waals surface area contributed by atoms with Crippen molar-refractivity contribution in [3.63, 3.8) is 0 Å². The monoisotopic (exact) mass is 286 g/mol. The van der Waals surface area contributed by atoms with Crippen LogP contribution < -0.4 is 0 Å². The number of rotatable bonds is 4. The Morgan fingerprint density at radius 2 is 1.18 bits per heavy atom. The van der Waals surface area contributed by atoms with Gasteiger partial charge < -0.3 is 5.11 Å². The molecular formula is C21H18O. The highest BCUT2D eigenvalue weighted by Crippen LogP contribution is 2.31. The standard InChI is InChI=1S/C21H18O/c22-21(19-14-8-3-9-15-19)20(18-12-6-2-7-13-18)16-17-10-4-1-5-11-17/h1-16,21-22H/b20-16-. The summed E-state index contributed by atoms with van der Waals surface area (Å²) in [6.07, 6.45) is 1.40. The van der Waals surface area contributed by atoms with E-state index in [1.807, 2.05) is 97.1 Å². The number of hydrogen-bond acceptors (Lipinski definition) is 1. The minimum absolute atomic E-state index is 0.649. The zero-order valence-electron chi connectivity index (χ0n) is 12.3. The van der Waals surface area contributed by atoms with E-state index in [9.17, 15) is 5.11 Å². The lowest BCUT2D eigenvalue weighted by molar-refractivity contribution is 0.239. The largest absolute Gasteiger partial charge is 0.384 e. The van der Waals surface area contributed by atoms with Crippen LogP contribution in [0.5, 0.6) is 0 Å². The lowest BCUT2D eigenvalue weighted by atomic mass is 9.93. The second-order valence-corrected chi connectivity index (χ2v) is 5.19. The van der Waals surface area contributed by atoms with Crippen LogP contribution >= 0.6 is 0 Å². The first-order chi connectivity index (χ1) is 10.8. The van der Waals surface area contributed by atoms with Gasteiger partial charge in [0.2, 0.25) is 0 Å². The highest BCUT2D eigenvalue weighted by Gasteiger charge is 2.15. The van der Waals surface area contributed by atoms with Crippen LogP contribution in [0.25, 0.3) is 11.6 Å². The molecule has 0 bridgehead atoms. The molecule has 0 spiro atoms. The van der Waals surface area contributed by atoms with Gasteiger partial charge in [-0.3, -0.25) is 0 Å². The van der Waals surface area contributed by atoms with E-state index in [1.165, 1.54) is 0 Å². The molecule has 0 aliphatic carbocycles. The Hall–Kier alpha value is -2.64. The number of hydrogen-bond donors (Lipinski definition) is 1. The summed E-state index contributed by atoms with van der Waals surface area (Å²) in [7, 11) is 0. The first-order valence-electron chi connectivity index (χ1n) is 7.39. The summed E-state index contributed by atoms with van der Waals surface area (Å²) in [5, 5.41) is 10.8. The van der Waals surface area contributed by atoms with Gasteiger partial charge >= 0.3 is 0 Å². The average Bonchev–Trinajstić information content (AvgIpc) is 2.61.